The fraction of sp³-hybridized carbons (Fsp3) is 0.650. The van der Waals surface area contributed by atoms with Gasteiger partial charge in [0.2, 0.25) is 0 Å². The maximum Gasteiger partial charge on any atom is 0.193 e. The van der Waals surface area contributed by atoms with Crippen LogP contribution < -0.4 is 10.1 Å². The minimum Gasteiger partial charge on any atom is -0.496 e. The van der Waals surface area contributed by atoms with E-state index in [0.29, 0.717) is 5.92 Å². The van der Waals surface area contributed by atoms with E-state index in [4.69, 9.17) is 14.2 Å². The first-order valence-corrected chi connectivity index (χ1v) is 9.43. The second-order valence-corrected chi connectivity index (χ2v) is 6.63. The van der Waals surface area contributed by atoms with Gasteiger partial charge >= 0.3 is 0 Å². The van der Waals surface area contributed by atoms with Gasteiger partial charge in [-0.1, -0.05) is 18.2 Å². The van der Waals surface area contributed by atoms with Crippen LogP contribution in [-0.2, 0) is 16.0 Å². The molecule has 1 fully saturated rings. The van der Waals surface area contributed by atoms with E-state index in [1.165, 1.54) is 0 Å². The van der Waals surface area contributed by atoms with Gasteiger partial charge in [0.15, 0.2) is 5.96 Å². The Bertz CT molecular complexity index is 545. The molecule has 0 unspecified atom stereocenters. The van der Waals surface area contributed by atoms with Crippen molar-refractivity contribution < 1.29 is 14.2 Å². The van der Waals surface area contributed by atoms with Crippen molar-refractivity contribution >= 4 is 5.96 Å². The number of nitrogens with one attached hydrogen (secondary N) is 1. The van der Waals surface area contributed by atoms with Crippen LogP contribution in [0.15, 0.2) is 29.3 Å². The molecule has 0 aromatic heterocycles. The SMILES string of the molecule is CN=C(NCCCOCC1CCOCC1)N(C)Cc1ccccc1OC. The van der Waals surface area contributed by atoms with E-state index in [1.54, 1.807) is 7.11 Å². The van der Waals surface area contributed by atoms with Crippen molar-refractivity contribution in [2.45, 2.75) is 25.8 Å². The van der Waals surface area contributed by atoms with E-state index in [9.17, 15) is 0 Å². The minimum absolute atomic E-state index is 0.663. The predicted octanol–water partition coefficient (Wildman–Crippen LogP) is 2.54. The Morgan fingerprint density at radius 1 is 1.31 bits per heavy atom. The summed E-state index contributed by atoms with van der Waals surface area (Å²) in [7, 11) is 5.54. The molecule has 1 N–H and O–H groups in total. The van der Waals surface area contributed by atoms with Crippen LogP contribution in [0.25, 0.3) is 0 Å². The van der Waals surface area contributed by atoms with Crippen LogP contribution in [-0.4, -0.2) is 65.0 Å². The van der Waals surface area contributed by atoms with Gasteiger partial charge in [-0.3, -0.25) is 4.99 Å². The maximum atomic E-state index is 5.81. The maximum absolute atomic E-state index is 5.81. The Labute approximate surface area is 157 Å². The summed E-state index contributed by atoms with van der Waals surface area (Å²) in [6.07, 6.45) is 3.21. The van der Waals surface area contributed by atoms with Crippen molar-refractivity contribution in [3.8, 4) is 5.75 Å². The number of para-hydroxylation sites is 1. The molecule has 2 rings (SSSR count). The lowest BCUT2D eigenvalue weighted by molar-refractivity contribution is 0.0203. The van der Waals surface area contributed by atoms with Crippen molar-refractivity contribution in [1.29, 1.82) is 0 Å². The Balaban J connectivity index is 1.65. The highest BCUT2D eigenvalue weighted by Gasteiger charge is 2.13. The molecule has 26 heavy (non-hydrogen) atoms. The Hall–Kier alpha value is -1.79. The van der Waals surface area contributed by atoms with Gasteiger partial charge in [-0.2, -0.15) is 0 Å². The lowest BCUT2D eigenvalue weighted by Crippen LogP contribution is -2.39. The summed E-state index contributed by atoms with van der Waals surface area (Å²) >= 11 is 0. The van der Waals surface area contributed by atoms with Crippen LogP contribution in [0.5, 0.6) is 5.75 Å². The fourth-order valence-electron chi connectivity index (χ4n) is 3.09. The predicted molar refractivity (Wildman–Crippen MR) is 105 cm³/mol. The number of aliphatic imine (C=N–C) groups is 1. The molecule has 1 saturated heterocycles. The Kier molecular flexibility index (Phi) is 9.28. The summed E-state index contributed by atoms with van der Waals surface area (Å²) in [5.41, 5.74) is 1.14. The van der Waals surface area contributed by atoms with Crippen LogP contribution in [0.4, 0.5) is 0 Å². The van der Waals surface area contributed by atoms with Crippen LogP contribution in [0.2, 0.25) is 0 Å². The molecule has 1 aliphatic rings. The average molecular weight is 364 g/mol. The van der Waals surface area contributed by atoms with Crippen molar-refractivity contribution in [2.24, 2.45) is 10.9 Å². The number of hydrogen-bond donors (Lipinski definition) is 1. The van der Waals surface area contributed by atoms with Gasteiger partial charge in [-0.05, 0) is 31.2 Å². The number of guanidine groups is 1. The smallest absolute Gasteiger partial charge is 0.193 e. The van der Waals surface area contributed by atoms with Crippen LogP contribution in [0.3, 0.4) is 0 Å². The second kappa shape index (κ2) is 11.8. The molecule has 1 heterocycles. The van der Waals surface area contributed by atoms with E-state index >= 15 is 0 Å². The van der Waals surface area contributed by atoms with Crippen molar-refractivity contribution in [3.63, 3.8) is 0 Å². The third kappa shape index (κ3) is 6.84. The van der Waals surface area contributed by atoms with Gasteiger partial charge in [0.25, 0.3) is 0 Å². The average Bonchev–Trinajstić information content (AvgIpc) is 2.68. The molecule has 6 nitrogen and oxygen atoms in total. The lowest BCUT2D eigenvalue weighted by atomic mass is 10.0. The molecule has 0 atom stereocenters. The van der Waals surface area contributed by atoms with E-state index in [-0.39, 0.29) is 0 Å². The summed E-state index contributed by atoms with van der Waals surface area (Å²) in [5.74, 6) is 2.44. The van der Waals surface area contributed by atoms with E-state index in [1.807, 2.05) is 32.3 Å². The lowest BCUT2D eigenvalue weighted by Gasteiger charge is -2.23. The number of nitrogens with zero attached hydrogens (tertiary/aromatic N) is 2. The zero-order valence-corrected chi connectivity index (χ0v) is 16.4. The molecule has 0 radical (unpaired) electrons. The summed E-state index contributed by atoms with van der Waals surface area (Å²) in [4.78, 5) is 6.46. The summed E-state index contributed by atoms with van der Waals surface area (Å²) in [6, 6.07) is 8.06. The van der Waals surface area contributed by atoms with Gasteiger partial charge in [0, 0.05) is 59.2 Å². The van der Waals surface area contributed by atoms with Gasteiger partial charge in [-0.15, -0.1) is 0 Å². The summed E-state index contributed by atoms with van der Waals surface area (Å²) in [5, 5.41) is 3.40. The zero-order chi connectivity index (χ0) is 18.6. The molecule has 1 aromatic carbocycles. The van der Waals surface area contributed by atoms with Crippen molar-refractivity contribution in [3.05, 3.63) is 29.8 Å². The first-order valence-electron chi connectivity index (χ1n) is 9.43. The normalized spacial score (nSPS) is 15.7. The molecule has 146 valence electrons. The van der Waals surface area contributed by atoms with Gasteiger partial charge in [0.1, 0.15) is 5.75 Å². The van der Waals surface area contributed by atoms with Gasteiger partial charge < -0.3 is 24.4 Å². The van der Waals surface area contributed by atoms with E-state index in [0.717, 1.165) is 76.1 Å². The van der Waals surface area contributed by atoms with Crippen LogP contribution in [0.1, 0.15) is 24.8 Å². The Morgan fingerprint density at radius 3 is 2.81 bits per heavy atom. The van der Waals surface area contributed by atoms with E-state index < -0.39 is 0 Å². The number of benzene rings is 1. The third-order valence-corrected chi connectivity index (χ3v) is 4.62. The molecule has 1 aliphatic heterocycles. The highest BCUT2D eigenvalue weighted by molar-refractivity contribution is 5.79. The first-order chi connectivity index (χ1) is 12.7. The number of methoxy groups -OCH3 is 1. The van der Waals surface area contributed by atoms with Crippen LogP contribution >= 0.6 is 0 Å². The fourth-order valence-corrected chi connectivity index (χ4v) is 3.09. The number of ether oxygens (including phenoxy) is 3. The number of rotatable bonds is 9. The summed E-state index contributed by atoms with van der Waals surface area (Å²) < 4.78 is 16.6. The Morgan fingerprint density at radius 2 is 2.08 bits per heavy atom. The topological polar surface area (TPSA) is 55.3 Å². The zero-order valence-electron chi connectivity index (χ0n) is 16.4. The second-order valence-electron chi connectivity index (χ2n) is 6.63. The first kappa shape index (κ1) is 20.5. The molecule has 6 heteroatoms. The molecular formula is C20H33N3O3. The molecule has 1 aromatic rings. The largest absolute Gasteiger partial charge is 0.496 e. The van der Waals surface area contributed by atoms with Gasteiger partial charge in [-0.25, -0.2) is 0 Å². The molecular weight excluding hydrogens is 330 g/mol. The number of hydrogen-bond acceptors (Lipinski definition) is 4. The molecule has 0 aliphatic carbocycles. The molecule has 0 bridgehead atoms. The standard InChI is InChI=1S/C20H33N3O3/c1-21-20(23(2)15-18-7-4-5-8-19(18)24-3)22-11-6-12-26-16-17-9-13-25-14-10-17/h4-5,7-8,17H,6,9-16H2,1-3H3,(H,21,22). The molecule has 0 spiro atoms. The monoisotopic (exact) mass is 363 g/mol. The van der Waals surface area contributed by atoms with Crippen molar-refractivity contribution in [2.75, 3.05) is 54.2 Å². The summed E-state index contributed by atoms with van der Waals surface area (Å²) in [6.45, 7) is 4.97. The van der Waals surface area contributed by atoms with Crippen molar-refractivity contribution in [1.82, 2.24) is 10.2 Å². The molecule has 0 saturated carbocycles. The highest BCUT2D eigenvalue weighted by Crippen LogP contribution is 2.18. The molecule has 0 amide bonds. The van der Waals surface area contributed by atoms with Gasteiger partial charge in [0.05, 0.1) is 7.11 Å². The van der Waals surface area contributed by atoms with E-state index in [2.05, 4.69) is 21.3 Å². The quantitative estimate of drug-likeness (QED) is 0.415. The highest BCUT2D eigenvalue weighted by atomic mass is 16.5. The third-order valence-electron chi connectivity index (χ3n) is 4.62. The van der Waals surface area contributed by atoms with Crippen LogP contribution in [0, 0.1) is 5.92 Å². The minimum atomic E-state index is 0.663.